The summed E-state index contributed by atoms with van der Waals surface area (Å²) in [6.07, 6.45) is 1.44. The molecule has 2 amide bonds. The third kappa shape index (κ3) is 9.85. The second-order valence-electron chi connectivity index (χ2n) is 7.35. The van der Waals surface area contributed by atoms with Crippen molar-refractivity contribution in [1.82, 2.24) is 21.4 Å². The number of amides is 2. The normalized spacial score (nSPS) is 12.5. The summed E-state index contributed by atoms with van der Waals surface area (Å²) in [6, 6.07) is 8.52. The van der Waals surface area contributed by atoms with Gasteiger partial charge >= 0.3 is 0 Å². The highest BCUT2D eigenvalue weighted by Gasteiger charge is 2.24. The standard InChI is InChI=1S/C20H31N6O4/c1-14(2)11-13-22-19(28)17(10-7-12-23-20(21)25-26(29)30)24-18(27)15(3)16-8-5-4-6-9-16/h4-6,8-9,13-15,17H,7,10-12H2,1-3H3,(H,22,28)(H,24,27)(H3,21,23,25)/t15-,17-/m0/s1. The first-order valence-electron chi connectivity index (χ1n) is 9.91. The summed E-state index contributed by atoms with van der Waals surface area (Å²) < 4.78 is 0. The van der Waals surface area contributed by atoms with Crippen molar-refractivity contribution in [2.24, 2.45) is 5.92 Å². The van der Waals surface area contributed by atoms with Crippen molar-refractivity contribution >= 4 is 17.8 Å². The van der Waals surface area contributed by atoms with Crippen LogP contribution in [-0.4, -0.2) is 35.4 Å². The summed E-state index contributed by atoms with van der Waals surface area (Å²) >= 11 is 0. The van der Waals surface area contributed by atoms with Crippen molar-refractivity contribution in [2.45, 2.75) is 52.0 Å². The maximum Gasteiger partial charge on any atom is 0.251 e. The first-order valence-corrected chi connectivity index (χ1v) is 9.91. The van der Waals surface area contributed by atoms with Crippen LogP contribution in [0.1, 0.15) is 51.5 Å². The molecule has 1 rings (SSSR count). The highest BCUT2D eigenvalue weighted by atomic mass is 16.7. The van der Waals surface area contributed by atoms with Crippen molar-refractivity contribution in [3.8, 4) is 0 Å². The van der Waals surface area contributed by atoms with Gasteiger partial charge in [-0.05, 0) is 37.7 Å². The summed E-state index contributed by atoms with van der Waals surface area (Å²) in [6.45, 7) is 7.76. The molecule has 2 atom stereocenters. The van der Waals surface area contributed by atoms with Crippen molar-refractivity contribution < 1.29 is 14.6 Å². The van der Waals surface area contributed by atoms with E-state index in [9.17, 15) is 19.7 Å². The number of nitrogens with zero attached hydrogens (tertiary/aromatic N) is 1. The van der Waals surface area contributed by atoms with Gasteiger partial charge in [-0.3, -0.25) is 15.0 Å². The second-order valence-corrected chi connectivity index (χ2v) is 7.35. The van der Waals surface area contributed by atoms with Crippen molar-refractivity contribution in [1.29, 1.82) is 5.41 Å². The van der Waals surface area contributed by atoms with Crippen LogP contribution in [-0.2, 0) is 9.59 Å². The Hall–Kier alpha value is -3.17. The Bertz CT molecular complexity index is 711. The van der Waals surface area contributed by atoms with Crippen LogP contribution in [0.4, 0.5) is 0 Å². The van der Waals surface area contributed by atoms with Gasteiger partial charge in [0.05, 0.1) is 5.92 Å². The molecule has 0 aliphatic heterocycles. The second kappa shape index (κ2) is 13.1. The Kier molecular flexibility index (Phi) is 10.9. The number of carbonyl (C=O) groups is 2. The van der Waals surface area contributed by atoms with E-state index in [2.05, 4.69) is 16.0 Å². The summed E-state index contributed by atoms with van der Waals surface area (Å²) in [5.41, 5.74) is 2.55. The lowest BCUT2D eigenvalue weighted by molar-refractivity contribution is -0.525. The number of rotatable bonds is 12. The molecule has 30 heavy (non-hydrogen) atoms. The van der Waals surface area contributed by atoms with E-state index in [-0.39, 0.29) is 18.4 Å². The molecule has 1 aromatic carbocycles. The lowest BCUT2D eigenvalue weighted by Crippen LogP contribution is -2.47. The Morgan fingerprint density at radius 3 is 2.43 bits per heavy atom. The predicted octanol–water partition coefficient (Wildman–Crippen LogP) is 1.68. The summed E-state index contributed by atoms with van der Waals surface area (Å²) in [5, 5.41) is 24.9. The van der Waals surface area contributed by atoms with Gasteiger partial charge in [-0.2, -0.15) is 0 Å². The Morgan fingerprint density at radius 1 is 1.17 bits per heavy atom. The van der Waals surface area contributed by atoms with Gasteiger partial charge < -0.3 is 16.0 Å². The van der Waals surface area contributed by atoms with Gasteiger partial charge in [0.1, 0.15) is 6.04 Å². The van der Waals surface area contributed by atoms with Gasteiger partial charge in [-0.25, -0.2) is 10.1 Å². The van der Waals surface area contributed by atoms with Crippen LogP contribution in [0.2, 0.25) is 0 Å². The largest absolute Gasteiger partial charge is 0.352 e. The van der Waals surface area contributed by atoms with E-state index in [0.717, 1.165) is 5.56 Å². The van der Waals surface area contributed by atoms with E-state index in [1.165, 1.54) is 0 Å². The lowest BCUT2D eigenvalue weighted by Gasteiger charge is -2.21. The summed E-state index contributed by atoms with van der Waals surface area (Å²) in [4.78, 5) is 35.5. The van der Waals surface area contributed by atoms with Gasteiger partial charge in [-0.1, -0.05) is 49.6 Å². The molecule has 1 radical (unpaired) electrons. The number of hydrogen-bond acceptors (Lipinski definition) is 5. The molecule has 10 heteroatoms. The highest BCUT2D eigenvalue weighted by Crippen LogP contribution is 2.15. The molecular formula is C20H31N6O4. The third-order valence-electron chi connectivity index (χ3n) is 4.33. The minimum absolute atomic E-state index is 0.239. The van der Waals surface area contributed by atoms with Crippen LogP contribution in [0.15, 0.2) is 30.3 Å². The summed E-state index contributed by atoms with van der Waals surface area (Å²) in [7, 11) is 0. The molecule has 0 unspecified atom stereocenters. The fourth-order valence-electron chi connectivity index (χ4n) is 2.60. The van der Waals surface area contributed by atoms with Crippen molar-refractivity contribution in [3.63, 3.8) is 0 Å². The molecule has 10 nitrogen and oxygen atoms in total. The molecule has 0 spiro atoms. The zero-order valence-corrected chi connectivity index (χ0v) is 17.6. The number of hydrazine groups is 1. The van der Waals surface area contributed by atoms with Crippen LogP contribution in [0.5, 0.6) is 0 Å². The van der Waals surface area contributed by atoms with E-state index in [4.69, 9.17) is 5.41 Å². The fourth-order valence-corrected chi connectivity index (χ4v) is 2.60. The lowest BCUT2D eigenvalue weighted by atomic mass is 9.99. The van der Waals surface area contributed by atoms with Crippen LogP contribution >= 0.6 is 0 Å². The SMILES string of the molecule is CC(C)C[CH]NC(=O)[C@H](CCCNC(=N)N[N+](=O)[O-])NC(=O)[C@@H](C)c1ccccc1. The topological polar surface area (TPSA) is 149 Å². The minimum atomic E-state index is -0.832. The molecule has 1 aromatic rings. The maximum atomic E-state index is 12.7. The van der Waals surface area contributed by atoms with Gasteiger partial charge in [0.25, 0.3) is 5.96 Å². The maximum absolute atomic E-state index is 12.7. The monoisotopic (exact) mass is 419 g/mol. The molecule has 0 aliphatic carbocycles. The van der Waals surface area contributed by atoms with Crippen LogP contribution in [0.25, 0.3) is 0 Å². The third-order valence-corrected chi connectivity index (χ3v) is 4.33. The number of benzene rings is 1. The Morgan fingerprint density at radius 2 is 1.83 bits per heavy atom. The van der Waals surface area contributed by atoms with Gasteiger partial charge in [0.15, 0.2) is 5.03 Å². The highest BCUT2D eigenvalue weighted by molar-refractivity contribution is 5.90. The Labute approximate surface area is 176 Å². The molecule has 0 bridgehead atoms. The van der Waals surface area contributed by atoms with Crippen LogP contribution in [0.3, 0.4) is 0 Å². The fraction of sp³-hybridized carbons (Fsp3) is 0.500. The molecule has 0 aliphatic rings. The first-order chi connectivity index (χ1) is 14.2. The smallest absolute Gasteiger partial charge is 0.251 e. The molecule has 0 saturated heterocycles. The van der Waals surface area contributed by atoms with E-state index in [0.29, 0.717) is 25.2 Å². The average molecular weight is 420 g/mol. The quantitative estimate of drug-likeness (QED) is 0.114. The number of nitrogens with one attached hydrogen (secondary N) is 5. The van der Waals surface area contributed by atoms with Gasteiger partial charge in [0, 0.05) is 13.1 Å². The van der Waals surface area contributed by atoms with Gasteiger partial charge in [0.2, 0.25) is 11.8 Å². The van der Waals surface area contributed by atoms with E-state index >= 15 is 0 Å². The molecule has 165 valence electrons. The van der Waals surface area contributed by atoms with E-state index < -0.39 is 23.0 Å². The zero-order valence-electron chi connectivity index (χ0n) is 17.6. The van der Waals surface area contributed by atoms with Crippen LogP contribution < -0.4 is 21.4 Å². The average Bonchev–Trinajstić information content (AvgIpc) is 2.69. The Balaban J connectivity index is 2.64. The summed E-state index contributed by atoms with van der Waals surface area (Å²) in [5.74, 6) is -1.05. The molecule has 0 aromatic heterocycles. The molecule has 5 N–H and O–H groups in total. The number of guanidine groups is 1. The molecule has 0 heterocycles. The van der Waals surface area contributed by atoms with Crippen molar-refractivity contribution in [2.75, 3.05) is 6.54 Å². The van der Waals surface area contributed by atoms with Crippen molar-refractivity contribution in [3.05, 3.63) is 52.6 Å². The van der Waals surface area contributed by atoms with Gasteiger partial charge in [-0.15, -0.1) is 0 Å². The number of carbonyl (C=O) groups excluding carboxylic acids is 2. The molecule has 0 fully saturated rings. The zero-order chi connectivity index (χ0) is 22.5. The first kappa shape index (κ1) is 24.9. The number of nitro groups is 1. The predicted molar refractivity (Wildman–Crippen MR) is 114 cm³/mol. The number of hydrogen-bond donors (Lipinski definition) is 5. The minimum Gasteiger partial charge on any atom is -0.352 e. The van der Waals surface area contributed by atoms with E-state index in [1.54, 1.807) is 18.9 Å². The molecular weight excluding hydrogens is 388 g/mol. The van der Waals surface area contributed by atoms with E-state index in [1.807, 2.05) is 44.2 Å². The van der Waals surface area contributed by atoms with Crippen LogP contribution in [0, 0.1) is 28.0 Å². The molecule has 0 saturated carbocycles.